The number of halogens is 1. The van der Waals surface area contributed by atoms with Gasteiger partial charge in [0.25, 0.3) is 5.91 Å². The number of nitrogens with one attached hydrogen (secondary N) is 1. The number of hydrogen-bond donors (Lipinski definition) is 1. The Morgan fingerprint density at radius 3 is 2.46 bits per heavy atom. The molecule has 2 aromatic rings. The first-order valence-electron chi connectivity index (χ1n) is 7.58. The van der Waals surface area contributed by atoms with Gasteiger partial charge in [0.15, 0.2) is 6.61 Å². The van der Waals surface area contributed by atoms with Crippen LogP contribution in [0.5, 0.6) is 17.2 Å². The summed E-state index contributed by atoms with van der Waals surface area (Å²) >= 11 is 6.01. The molecular formula is C18H19ClN2O5. The fraction of sp³-hybridized carbons (Fsp3) is 0.222. The van der Waals surface area contributed by atoms with E-state index in [1.54, 1.807) is 50.6 Å². The highest BCUT2D eigenvalue weighted by Gasteiger charge is 2.07. The summed E-state index contributed by atoms with van der Waals surface area (Å²) in [5.74, 6) is 1.41. The molecule has 1 amide bonds. The number of benzene rings is 2. The maximum absolute atomic E-state index is 11.9. The molecule has 0 heterocycles. The third-order valence-corrected chi connectivity index (χ3v) is 3.63. The predicted octanol–water partition coefficient (Wildman–Crippen LogP) is 3.36. The highest BCUT2D eigenvalue weighted by molar-refractivity contribution is 6.32. The second kappa shape index (κ2) is 9.53. The molecule has 0 spiro atoms. The molecule has 1 N–H and O–H groups in total. The maximum atomic E-state index is 11.9. The number of methoxy groups -OCH3 is 3. The van der Waals surface area contributed by atoms with Gasteiger partial charge in [-0.15, -0.1) is 0 Å². The summed E-state index contributed by atoms with van der Waals surface area (Å²) in [6.45, 7) is -0.258. The second-order valence-electron chi connectivity index (χ2n) is 5.01. The Morgan fingerprint density at radius 1 is 1.08 bits per heavy atom. The maximum Gasteiger partial charge on any atom is 0.265 e. The van der Waals surface area contributed by atoms with Gasteiger partial charge in [-0.25, -0.2) is 0 Å². The van der Waals surface area contributed by atoms with Crippen LogP contribution in [0.4, 0.5) is 5.69 Å². The molecule has 0 radical (unpaired) electrons. The van der Waals surface area contributed by atoms with E-state index in [1.165, 1.54) is 13.3 Å². The minimum atomic E-state index is -0.374. The highest BCUT2D eigenvalue weighted by atomic mass is 35.5. The van der Waals surface area contributed by atoms with Gasteiger partial charge in [0.05, 0.1) is 32.6 Å². The Balaban J connectivity index is 1.90. The quantitative estimate of drug-likeness (QED) is 0.563. The number of ether oxygens (including phenoxy) is 3. The van der Waals surface area contributed by atoms with Gasteiger partial charge in [-0.3, -0.25) is 4.79 Å². The van der Waals surface area contributed by atoms with Crippen LogP contribution in [-0.4, -0.2) is 40.1 Å². The molecule has 26 heavy (non-hydrogen) atoms. The Bertz CT molecular complexity index is 795. The molecule has 8 heteroatoms. The smallest absolute Gasteiger partial charge is 0.265 e. The summed E-state index contributed by atoms with van der Waals surface area (Å²) in [4.78, 5) is 16.9. The van der Waals surface area contributed by atoms with Crippen LogP contribution in [0.2, 0.25) is 5.02 Å². The van der Waals surface area contributed by atoms with E-state index >= 15 is 0 Å². The average Bonchev–Trinajstić information content (AvgIpc) is 2.65. The summed E-state index contributed by atoms with van der Waals surface area (Å²) < 4.78 is 15.4. The number of amides is 1. The highest BCUT2D eigenvalue weighted by Crippen LogP contribution is 2.27. The van der Waals surface area contributed by atoms with Crippen LogP contribution >= 0.6 is 11.6 Å². The second-order valence-corrected chi connectivity index (χ2v) is 5.42. The van der Waals surface area contributed by atoms with Crippen LogP contribution in [0, 0.1) is 0 Å². The minimum absolute atomic E-state index is 0.258. The van der Waals surface area contributed by atoms with Crippen molar-refractivity contribution >= 4 is 29.4 Å². The number of nitrogens with zero attached hydrogens (tertiary/aromatic N) is 1. The molecular weight excluding hydrogens is 360 g/mol. The molecule has 0 aromatic heterocycles. The molecule has 0 unspecified atom stereocenters. The number of carbonyl (C=O) groups excluding carboxylic acids is 1. The Labute approximate surface area is 156 Å². The van der Waals surface area contributed by atoms with Gasteiger partial charge in [0.1, 0.15) is 17.2 Å². The van der Waals surface area contributed by atoms with Gasteiger partial charge in [-0.1, -0.05) is 16.8 Å². The summed E-state index contributed by atoms with van der Waals surface area (Å²) in [5.41, 5.74) is 1.19. The Hall–Kier alpha value is -2.93. The largest absolute Gasteiger partial charge is 0.497 e. The first-order chi connectivity index (χ1) is 12.6. The van der Waals surface area contributed by atoms with E-state index < -0.39 is 0 Å². The van der Waals surface area contributed by atoms with Gasteiger partial charge < -0.3 is 24.4 Å². The van der Waals surface area contributed by atoms with E-state index in [1.807, 2.05) is 0 Å². The molecule has 0 atom stereocenters. The van der Waals surface area contributed by atoms with Crippen molar-refractivity contribution in [2.24, 2.45) is 5.16 Å². The van der Waals surface area contributed by atoms with Gasteiger partial charge >= 0.3 is 0 Å². The standard InChI is InChI=1S/C18H19ClN2O5/c1-23-14-5-7-16(24-2)12(8-14)10-20-26-11-18(22)21-13-4-6-17(25-3)15(19)9-13/h4-10H,11H2,1-3H3,(H,21,22)/b20-10-. The fourth-order valence-corrected chi connectivity index (χ4v) is 2.33. The third-order valence-electron chi connectivity index (χ3n) is 3.33. The lowest BCUT2D eigenvalue weighted by molar-refractivity contribution is -0.120. The number of rotatable bonds is 8. The third kappa shape index (κ3) is 5.29. The molecule has 7 nitrogen and oxygen atoms in total. The molecule has 2 aromatic carbocycles. The normalized spacial score (nSPS) is 10.5. The van der Waals surface area contributed by atoms with Crippen LogP contribution in [0.15, 0.2) is 41.6 Å². The van der Waals surface area contributed by atoms with E-state index in [9.17, 15) is 4.79 Å². The van der Waals surface area contributed by atoms with Crippen LogP contribution in [-0.2, 0) is 9.63 Å². The molecule has 0 bridgehead atoms. The molecule has 0 saturated heterocycles. The first-order valence-corrected chi connectivity index (χ1v) is 7.96. The van der Waals surface area contributed by atoms with E-state index in [0.29, 0.717) is 33.5 Å². The minimum Gasteiger partial charge on any atom is -0.497 e. The van der Waals surface area contributed by atoms with E-state index in [-0.39, 0.29) is 12.5 Å². The lowest BCUT2D eigenvalue weighted by atomic mass is 10.2. The van der Waals surface area contributed by atoms with E-state index in [0.717, 1.165) is 0 Å². The topological polar surface area (TPSA) is 78.4 Å². The molecule has 0 aliphatic heterocycles. The number of carbonyl (C=O) groups is 1. The summed E-state index contributed by atoms with van der Waals surface area (Å²) in [6, 6.07) is 10.2. The molecule has 138 valence electrons. The Kier molecular flexibility index (Phi) is 7.11. The zero-order valence-corrected chi connectivity index (χ0v) is 15.4. The van der Waals surface area contributed by atoms with Crippen LogP contribution in [0.25, 0.3) is 0 Å². The summed E-state index contributed by atoms with van der Waals surface area (Å²) in [6.07, 6.45) is 1.44. The zero-order valence-electron chi connectivity index (χ0n) is 14.6. The Morgan fingerprint density at radius 2 is 1.81 bits per heavy atom. The molecule has 0 aliphatic rings. The fourth-order valence-electron chi connectivity index (χ4n) is 2.07. The SMILES string of the molecule is COc1ccc(OC)c(/C=N\OCC(=O)Nc2ccc(OC)c(Cl)c2)c1. The number of hydrogen-bond acceptors (Lipinski definition) is 6. The number of oxime groups is 1. The van der Waals surface area contributed by atoms with Gasteiger partial charge in [0, 0.05) is 11.3 Å². The van der Waals surface area contributed by atoms with Crippen molar-refractivity contribution in [2.75, 3.05) is 33.3 Å². The monoisotopic (exact) mass is 378 g/mol. The summed E-state index contributed by atoms with van der Waals surface area (Å²) in [7, 11) is 4.63. The van der Waals surface area contributed by atoms with E-state index in [2.05, 4.69) is 10.5 Å². The predicted molar refractivity (Wildman–Crippen MR) is 99.7 cm³/mol. The number of anilines is 1. The van der Waals surface area contributed by atoms with Gasteiger partial charge in [-0.2, -0.15) is 0 Å². The molecule has 2 rings (SSSR count). The molecule has 0 fully saturated rings. The molecule has 0 aliphatic carbocycles. The van der Waals surface area contributed by atoms with Crippen molar-refractivity contribution < 1.29 is 23.8 Å². The van der Waals surface area contributed by atoms with Crippen LogP contribution in [0.1, 0.15) is 5.56 Å². The van der Waals surface area contributed by atoms with Crippen LogP contribution < -0.4 is 19.5 Å². The van der Waals surface area contributed by atoms with Crippen molar-refractivity contribution in [3.05, 3.63) is 47.0 Å². The van der Waals surface area contributed by atoms with Crippen molar-refractivity contribution in [1.29, 1.82) is 0 Å². The van der Waals surface area contributed by atoms with Crippen molar-refractivity contribution in [2.45, 2.75) is 0 Å². The zero-order chi connectivity index (χ0) is 18.9. The van der Waals surface area contributed by atoms with Crippen molar-refractivity contribution in [3.8, 4) is 17.2 Å². The van der Waals surface area contributed by atoms with Crippen molar-refractivity contribution in [1.82, 2.24) is 0 Å². The lowest BCUT2D eigenvalue weighted by Gasteiger charge is -2.08. The first kappa shape index (κ1) is 19.4. The lowest BCUT2D eigenvalue weighted by Crippen LogP contribution is -2.17. The van der Waals surface area contributed by atoms with Crippen LogP contribution in [0.3, 0.4) is 0 Å². The van der Waals surface area contributed by atoms with Gasteiger partial charge in [-0.05, 0) is 36.4 Å². The summed E-state index contributed by atoms with van der Waals surface area (Å²) in [5, 5.41) is 6.83. The van der Waals surface area contributed by atoms with E-state index in [4.69, 9.17) is 30.6 Å². The van der Waals surface area contributed by atoms with Crippen molar-refractivity contribution in [3.63, 3.8) is 0 Å². The van der Waals surface area contributed by atoms with Gasteiger partial charge in [0.2, 0.25) is 0 Å². The molecule has 0 saturated carbocycles. The average molecular weight is 379 g/mol.